The van der Waals surface area contributed by atoms with Crippen LogP contribution in [-0.2, 0) is 4.79 Å². The Morgan fingerprint density at radius 1 is 1.10 bits per heavy atom. The maximum absolute atomic E-state index is 13.4. The second-order valence-corrected chi connectivity index (χ2v) is 7.73. The monoisotopic (exact) mass is 416 g/mol. The zero-order chi connectivity index (χ0) is 21.4. The summed E-state index contributed by atoms with van der Waals surface area (Å²) < 4.78 is 13.0. The summed E-state index contributed by atoms with van der Waals surface area (Å²) in [5, 5.41) is 7.78. The third kappa shape index (κ3) is 3.36. The summed E-state index contributed by atoms with van der Waals surface area (Å²) in [5.74, 6) is 2.21. The lowest BCUT2D eigenvalue weighted by Crippen LogP contribution is -2.33. The number of hydrogen-bond donors (Lipinski definition) is 1. The van der Waals surface area contributed by atoms with Crippen LogP contribution in [0.1, 0.15) is 42.9 Å². The summed E-state index contributed by atoms with van der Waals surface area (Å²) in [5.41, 5.74) is 3.75. The predicted molar refractivity (Wildman–Crippen MR) is 116 cm³/mol. The van der Waals surface area contributed by atoms with E-state index in [1.54, 1.807) is 11.8 Å². The molecule has 2 aromatic carbocycles. The number of ether oxygens (including phenoxy) is 2. The molecular formula is C24H24N4O3. The molecule has 0 saturated carbocycles. The van der Waals surface area contributed by atoms with E-state index in [0.29, 0.717) is 30.5 Å². The van der Waals surface area contributed by atoms with Crippen LogP contribution in [0.3, 0.4) is 0 Å². The number of fused-ring (bicyclic) bond motifs is 1. The Hall–Kier alpha value is -3.61. The average Bonchev–Trinajstić information content (AvgIpc) is 3.27. The Bertz CT molecular complexity index is 1150. The van der Waals surface area contributed by atoms with Gasteiger partial charge in [-0.15, -0.1) is 0 Å². The van der Waals surface area contributed by atoms with Gasteiger partial charge in [0, 0.05) is 17.7 Å². The lowest BCUT2D eigenvalue weighted by molar-refractivity contribution is -0.116. The van der Waals surface area contributed by atoms with E-state index in [0.717, 1.165) is 23.3 Å². The van der Waals surface area contributed by atoms with Gasteiger partial charge in [-0.1, -0.05) is 36.4 Å². The van der Waals surface area contributed by atoms with Gasteiger partial charge in [0.15, 0.2) is 17.3 Å². The molecule has 1 N–H and O–H groups in total. The molecule has 0 saturated heterocycles. The van der Waals surface area contributed by atoms with Crippen molar-refractivity contribution in [3.63, 3.8) is 0 Å². The zero-order valence-electron chi connectivity index (χ0n) is 17.5. The molecule has 0 unspecified atom stereocenters. The van der Waals surface area contributed by atoms with Gasteiger partial charge < -0.3 is 14.8 Å². The molecule has 7 heteroatoms. The first-order valence-corrected chi connectivity index (χ1v) is 10.5. The Morgan fingerprint density at radius 2 is 1.94 bits per heavy atom. The Labute approximate surface area is 180 Å². The number of nitrogens with one attached hydrogen (secondary N) is 1. The average molecular weight is 416 g/mol. The molecule has 3 aromatic rings. The van der Waals surface area contributed by atoms with Crippen molar-refractivity contribution in [2.75, 3.05) is 19.0 Å². The second kappa shape index (κ2) is 7.91. The molecule has 1 aliphatic carbocycles. The molecule has 0 radical (unpaired) electrons. The molecule has 0 fully saturated rings. The van der Waals surface area contributed by atoms with Gasteiger partial charge in [0.25, 0.3) is 0 Å². The normalized spacial score (nSPS) is 20.0. The second-order valence-electron chi connectivity index (χ2n) is 7.73. The summed E-state index contributed by atoms with van der Waals surface area (Å²) >= 11 is 0. The van der Waals surface area contributed by atoms with Gasteiger partial charge in [0.2, 0.25) is 5.95 Å². The molecule has 1 aromatic heterocycles. The van der Waals surface area contributed by atoms with Crippen LogP contribution in [0.15, 0.2) is 66.1 Å². The van der Waals surface area contributed by atoms with Crippen LogP contribution in [0.2, 0.25) is 0 Å². The quantitative estimate of drug-likeness (QED) is 0.675. The minimum absolute atomic E-state index is 0.126. The van der Waals surface area contributed by atoms with Crippen molar-refractivity contribution < 1.29 is 14.3 Å². The molecule has 1 aliphatic heterocycles. The number of carbonyl (C=O) groups is 1. The molecule has 2 heterocycles. The molecule has 7 nitrogen and oxygen atoms in total. The van der Waals surface area contributed by atoms with Gasteiger partial charge >= 0.3 is 0 Å². The Balaban J connectivity index is 1.59. The highest BCUT2D eigenvalue weighted by Crippen LogP contribution is 2.45. The van der Waals surface area contributed by atoms with E-state index in [-0.39, 0.29) is 17.7 Å². The first kappa shape index (κ1) is 19.4. The van der Waals surface area contributed by atoms with Gasteiger partial charge in [-0.05, 0) is 42.5 Å². The van der Waals surface area contributed by atoms with Gasteiger partial charge in [0.1, 0.15) is 12.4 Å². The number of carbonyl (C=O) groups excluding carboxylic acids is 1. The Kier molecular flexibility index (Phi) is 4.94. The number of hydrogen-bond acceptors (Lipinski definition) is 6. The summed E-state index contributed by atoms with van der Waals surface area (Å²) in [6, 6.07) is 15.6. The maximum atomic E-state index is 13.4. The number of methoxy groups -OCH3 is 1. The van der Waals surface area contributed by atoms with Crippen LogP contribution in [0.25, 0.3) is 0 Å². The number of Topliss-reactive ketones (excluding diaryl/α,β-unsaturated/α-hetero) is 1. The highest BCUT2D eigenvalue weighted by molar-refractivity contribution is 6.00. The fraction of sp³-hybridized carbons (Fsp3) is 0.292. The highest BCUT2D eigenvalue weighted by atomic mass is 16.5. The third-order valence-electron chi connectivity index (χ3n) is 5.94. The predicted octanol–water partition coefficient (Wildman–Crippen LogP) is 4.10. The lowest BCUT2D eigenvalue weighted by Gasteiger charge is -2.35. The Morgan fingerprint density at radius 3 is 2.71 bits per heavy atom. The van der Waals surface area contributed by atoms with Gasteiger partial charge in [-0.25, -0.2) is 4.68 Å². The van der Waals surface area contributed by atoms with Crippen LogP contribution in [0.4, 0.5) is 5.95 Å². The molecular weight excluding hydrogens is 392 g/mol. The SMILES string of the molecule is CCOc1ccc([C@H]2C3=C(C[C@H](c4ccccc4)CC3=O)Nc3ncnn32)cc1OC. The third-order valence-corrected chi connectivity index (χ3v) is 5.94. The molecule has 0 amide bonds. The molecule has 0 spiro atoms. The number of benzene rings is 2. The van der Waals surface area contributed by atoms with Crippen LogP contribution in [-0.4, -0.2) is 34.3 Å². The van der Waals surface area contributed by atoms with Crippen molar-refractivity contribution in [3.05, 3.63) is 77.3 Å². The van der Waals surface area contributed by atoms with Crippen molar-refractivity contribution in [1.29, 1.82) is 0 Å². The van der Waals surface area contributed by atoms with Gasteiger partial charge in [-0.3, -0.25) is 4.79 Å². The number of ketones is 1. The van der Waals surface area contributed by atoms with Crippen LogP contribution < -0.4 is 14.8 Å². The summed E-state index contributed by atoms with van der Waals surface area (Å²) in [4.78, 5) is 17.8. The summed E-state index contributed by atoms with van der Waals surface area (Å²) in [6.07, 6.45) is 2.74. The minimum Gasteiger partial charge on any atom is -0.493 e. The summed E-state index contributed by atoms with van der Waals surface area (Å²) in [7, 11) is 1.62. The van der Waals surface area contributed by atoms with E-state index in [9.17, 15) is 4.79 Å². The van der Waals surface area contributed by atoms with E-state index in [4.69, 9.17) is 9.47 Å². The highest BCUT2D eigenvalue weighted by Gasteiger charge is 2.39. The van der Waals surface area contributed by atoms with Crippen molar-refractivity contribution in [3.8, 4) is 11.5 Å². The number of anilines is 1. The molecule has 31 heavy (non-hydrogen) atoms. The number of rotatable bonds is 5. The van der Waals surface area contributed by atoms with E-state index in [2.05, 4.69) is 27.5 Å². The minimum atomic E-state index is -0.359. The number of nitrogens with zero attached hydrogens (tertiary/aromatic N) is 3. The topological polar surface area (TPSA) is 78.3 Å². The van der Waals surface area contributed by atoms with Gasteiger partial charge in [-0.2, -0.15) is 10.1 Å². The first-order valence-electron chi connectivity index (χ1n) is 10.5. The molecule has 2 aliphatic rings. The van der Waals surface area contributed by atoms with Crippen molar-refractivity contribution in [2.24, 2.45) is 0 Å². The van der Waals surface area contributed by atoms with Crippen molar-refractivity contribution >= 4 is 11.7 Å². The van der Waals surface area contributed by atoms with Crippen LogP contribution in [0.5, 0.6) is 11.5 Å². The number of aromatic nitrogens is 3. The molecule has 158 valence electrons. The van der Waals surface area contributed by atoms with E-state index in [1.165, 1.54) is 11.9 Å². The largest absolute Gasteiger partial charge is 0.493 e. The smallest absolute Gasteiger partial charge is 0.226 e. The van der Waals surface area contributed by atoms with Crippen LogP contribution in [0, 0.1) is 0 Å². The van der Waals surface area contributed by atoms with Crippen molar-refractivity contribution in [1.82, 2.24) is 14.8 Å². The van der Waals surface area contributed by atoms with Crippen LogP contribution >= 0.6 is 0 Å². The first-order chi connectivity index (χ1) is 15.2. The molecule has 0 bridgehead atoms. The van der Waals surface area contributed by atoms with E-state index in [1.807, 2.05) is 43.3 Å². The van der Waals surface area contributed by atoms with Crippen molar-refractivity contribution in [2.45, 2.75) is 31.7 Å². The zero-order valence-corrected chi connectivity index (χ0v) is 17.5. The standard InChI is InChI=1S/C24H24N4O3/c1-3-31-20-10-9-16(13-21(20)30-2)23-22-18(27-24-25-14-26-28(23)24)11-17(12-19(22)29)15-7-5-4-6-8-15/h4-10,13-14,17,23H,3,11-12H2,1-2H3,(H,25,26,27)/t17-,23-/m0/s1. The van der Waals surface area contributed by atoms with E-state index < -0.39 is 0 Å². The fourth-order valence-electron chi connectivity index (χ4n) is 4.55. The number of allylic oxidation sites excluding steroid dienone is 2. The lowest BCUT2D eigenvalue weighted by atomic mass is 9.78. The maximum Gasteiger partial charge on any atom is 0.226 e. The fourth-order valence-corrected chi connectivity index (χ4v) is 4.55. The van der Waals surface area contributed by atoms with Gasteiger partial charge in [0.05, 0.1) is 13.7 Å². The summed E-state index contributed by atoms with van der Waals surface area (Å²) in [6.45, 7) is 2.48. The molecule has 5 rings (SSSR count). The molecule has 2 atom stereocenters. The van der Waals surface area contributed by atoms with E-state index >= 15 is 0 Å².